The van der Waals surface area contributed by atoms with Gasteiger partial charge in [-0.2, -0.15) is 0 Å². The molecular formula is C88H46N6O2S4. The lowest BCUT2D eigenvalue weighted by atomic mass is 10.00. The van der Waals surface area contributed by atoms with E-state index < -0.39 is 0 Å². The summed E-state index contributed by atoms with van der Waals surface area (Å²) in [5.74, 6) is 1.33. The van der Waals surface area contributed by atoms with Gasteiger partial charge in [-0.3, -0.25) is 9.13 Å². The number of aromatic nitrogens is 6. The Bertz CT molecular complexity index is 7700. The van der Waals surface area contributed by atoms with Crippen molar-refractivity contribution in [3.05, 3.63) is 279 Å². The number of fused-ring (bicyclic) bond motifs is 32. The zero-order chi connectivity index (χ0) is 65.0. The normalized spacial score (nSPS) is 12.4. The fourth-order valence-electron chi connectivity index (χ4n) is 16.3. The van der Waals surface area contributed by atoms with Crippen LogP contribution < -0.4 is 0 Å². The molecule has 8 nitrogen and oxygen atoms in total. The molecule has 24 rings (SSSR count). The number of hydrogen-bond donors (Lipinski definition) is 0. The highest BCUT2D eigenvalue weighted by atomic mass is 32.1. The first kappa shape index (κ1) is 54.9. The minimum absolute atomic E-state index is 0.658. The van der Waals surface area contributed by atoms with Gasteiger partial charge in [0, 0.05) is 136 Å². The Morgan fingerprint density at radius 1 is 0.260 bits per heavy atom. The summed E-state index contributed by atoms with van der Waals surface area (Å²) in [6.45, 7) is 0. The minimum Gasteiger partial charge on any atom is -0.456 e. The van der Waals surface area contributed by atoms with Crippen molar-refractivity contribution in [1.82, 2.24) is 29.1 Å². The van der Waals surface area contributed by atoms with Gasteiger partial charge in [0.2, 0.25) is 11.9 Å². The van der Waals surface area contributed by atoms with E-state index in [-0.39, 0.29) is 0 Å². The van der Waals surface area contributed by atoms with E-state index in [4.69, 9.17) is 28.8 Å². The van der Waals surface area contributed by atoms with Gasteiger partial charge in [-0.05, 0) is 83.6 Å². The molecule has 0 bridgehead atoms. The lowest BCUT2D eigenvalue weighted by Gasteiger charge is -2.12. The molecule has 0 spiro atoms. The molecule has 0 aliphatic heterocycles. The molecule has 0 saturated carbocycles. The van der Waals surface area contributed by atoms with Crippen molar-refractivity contribution in [3.8, 4) is 34.4 Å². The van der Waals surface area contributed by atoms with Crippen molar-refractivity contribution in [2.45, 2.75) is 0 Å². The summed E-state index contributed by atoms with van der Waals surface area (Å²) in [4.78, 5) is 24.0. The topological polar surface area (TPSA) is 87.7 Å². The van der Waals surface area contributed by atoms with Gasteiger partial charge in [-0.15, -0.1) is 45.3 Å². The average Bonchev–Trinajstić information content (AvgIpc) is 1.54. The van der Waals surface area contributed by atoms with Crippen LogP contribution in [0.25, 0.3) is 224 Å². The highest BCUT2D eigenvalue weighted by Gasteiger charge is 2.29. The Morgan fingerprint density at radius 2 is 0.650 bits per heavy atom. The Hall–Kier alpha value is -12.2. The van der Waals surface area contributed by atoms with Gasteiger partial charge in [0.25, 0.3) is 0 Å². The number of para-hydroxylation sites is 5. The van der Waals surface area contributed by atoms with Crippen LogP contribution in [-0.2, 0) is 0 Å². The van der Waals surface area contributed by atoms with Crippen LogP contribution in [-0.4, -0.2) is 29.1 Å². The maximum atomic E-state index is 6.63. The van der Waals surface area contributed by atoms with E-state index in [9.17, 15) is 0 Å². The van der Waals surface area contributed by atoms with Crippen molar-refractivity contribution in [1.29, 1.82) is 0 Å². The molecule has 0 aliphatic rings. The second-order valence-corrected chi connectivity index (χ2v) is 29.9. The molecule has 12 heteroatoms. The molecule has 24 aromatic rings. The monoisotopic (exact) mass is 1350 g/mol. The molecule has 100 heavy (non-hydrogen) atoms. The Balaban J connectivity index is 0.000000124. The summed E-state index contributed by atoms with van der Waals surface area (Å²) in [6, 6.07) is 99.2. The summed E-state index contributed by atoms with van der Waals surface area (Å²) in [7, 11) is 0. The van der Waals surface area contributed by atoms with E-state index in [1.165, 1.54) is 98.2 Å². The lowest BCUT2D eigenvalue weighted by Crippen LogP contribution is -2.03. The minimum atomic E-state index is 0.658. The number of rotatable bonds is 4. The molecule has 14 aromatic carbocycles. The second kappa shape index (κ2) is 20.7. The molecule has 10 heterocycles. The van der Waals surface area contributed by atoms with Crippen LogP contribution in [0.1, 0.15) is 0 Å². The first-order valence-electron chi connectivity index (χ1n) is 33.3. The smallest absolute Gasteiger partial charge is 0.236 e. The highest BCUT2D eigenvalue weighted by molar-refractivity contribution is 7.27. The van der Waals surface area contributed by atoms with Gasteiger partial charge in [-0.25, -0.2) is 19.9 Å². The van der Waals surface area contributed by atoms with Crippen LogP contribution in [0.15, 0.2) is 288 Å². The SMILES string of the molecule is c1ccc2c(c1)oc1c(-c3nc(-n4c5ccccc5c5c6ccccc6c6sc7ccccc7c6c54)nc4sc5ccccc5c34)cccc12.c1ccc2c(c1)oc1ccc(-c3nc(-n4c5ccccc5c5c6ccccc6c6sc7ccccc7c6c54)nc4sc5ccccc5c34)cc12. The van der Waals surface area contributed by atoms with Crippen LogP contribution in [0.3, 0.4) is 0 Å². The van der Waals surface area contributed by atoms with Crippen molar-refractivity contribution in [2.24, 2.45) is 0 Å². The molecule has 0 saturated heterocycles. The van der Waals surface area contributed by atoms with E-state index in [1.807, 2.05) is 46.9 Å². The van der Waals surface area contributed by atoms with E-state index in [0.717, 1.165) is 114 Å². The van der Waals surface area contributed by atoms with E-state index in [0.29, 0.717) is 11.9 Å². The third-order valence-corrected chi connectivity index (χ3v) is 25.0. The predicted octanol–water partition coefficient (Wildman–Crippen LogP) is 26.1. The van der Waals surface area contributed by atoms with Crippen molar-refractivity contribution in [3.63, 3.8) is 0 Å². The van der Waals surface area contributed by atoms with Crippen LogP contribution in [0, 0.1) is 0 Å². The van der Waals surface area contributed by atoms with E-state index >= 15 is 0 Å². The first-order chi connectivity index (χ1) is 49.6. The molecule has 0 amide bonds. The Morgan fingerprint density at radius 3 is 1.19 bits per heavy atom. The predicted molar refractivity (Wildman–Crippen MR) is 425 cm³/mol. The Kier molecular flexibility index (Phi) is 11.4. The number of hydrogen-bond acceptors (Lipinski definition) is 10. The van der Waals surface area contributed by atoms with Crippen molar-refractivity contribution < 1.29 is 8.83 Å². The van der Waals surface area contributed by atoms with E-state index in [2.05, 4.69) is 264 Å². The summed E-state index contributed by atoms with van der Waals surface area (Å²) < 4.78 is 25.0. The second-order valence-electron chi connectivity index (χ2n) is 25.7. The maximum Gasteiger partial charge on any atom is 0.236 e. The number of nitrogens with zero attached hydrogens (tertiary/aromatic N) is 6. The van der Waals surface area contributed by atoms with E-state index in [1.54, 1.807) is 22.7 Å². The standard InChI is InChI=1S/2C44H23N3OS2/c1-2-14-27-25(13-1)36-28-15-3-7-20-32(28)47(40(36)38-30-17-6-9-22-34(30)49-42(27)38)44-45-39(37-29-16-5-10-23-35(29)50-43(37)46-44)31-19-11-18-26-24-12-4-8-21-33(24)48-41(26)31;1-2-13-27-26(12-1)37-28-14-3-7-17-32(28)47(41(37)39-30-16-6-9-19-35(30)49-42(27)39)44-45-40(38-29-15-5-10-20-36(29)50-43(38)46-44)24-21-22-34-31(23-24)25-11-4-8-18-33(25)48-34/h2*1-23H. The third kappa shape index (κ3) is 7.62. The van der Waals surface area contributed by atoms with Crippen LogP contribution in [0.5, 0.6) is 0 Å². The van der Waals surface area contributed by atoms with Crippen LogP contribution >= 0.6 is 45.3 Å². The quantitative estimate of drug-likeness (QED) is 0.174. The zero-order valence-electron chi connectivity index (χ0n) is 52.7. The molecule has 10 aromatic heterocycles. The summed E-state index contributed by atoms with van der Waals surface area (Å²) in [5.41, 5.74) is 11.8. The zero-order valence-corrected chi connectivity index (χ0v) is 56.0. The molecule has 0 aliphatic carbocycles. The van der Waals surface area contributed by atoms with Crippen molar-refractivity contribution in [2.75, 3.05) is 0 Å². The number of benzene rings is 14. The van der Waals surface area contributed by atoms with Crippen LogP contribution in [0.4, 0.5) is 0 Å². The van der Waals surface area contributed by atoms with Crippen molar-refractivity contribution >= 4 is 235 Å². The Labute approximate surface area is 582 Å². The molecule has 464 valence electrons. The maximum absolute atomic E-state index is 6.63. The largest absolute Gasteiger partial charge is 0.456 e. The average molecular weight is 1350 g/mol. The summed E-state index contributed by atoms with van der Waals surface area (Å²) in [6.07, 6.45) is 0. The fourth-order valence-corrected chi connectivity index (χ4v) is 20.9. The highest BCUT2D eigenvalue weighted by Crippen LogP contribution is 2.52. The van der Waals surface area contributed by atoms with Gasteiger partial charge in [-0.1, -0.05) is 206 Å². The lowest BCUT2D eigenvalue weighted by molar-refractivity contribution is 0.669. The third-order valence-electron chi connectivity index (χ3n) is 20.5. The first-order valence-corrected chi connectivity index (χ1v) is 36.6. The summed E-state index contributed by atoms with van der Waals surface area (Å²) in [5, 5.41) is 23.7. The van der Waals surface area contributed by atoms with Gasteiger partial charge >= 0.3 is 0 Å². The number of thiophene rings is 4. The molecule has 0 unspecified atom stereocenters. The molecule has 0 radical (unpaired) electrons. The molecule has 0 atom stereocenters. The van der Waals surface area contributed by atoms with Gasteiger partial charge in [0.1, 0.15) is 32.0 Å². The van der Waals surface area contributed by atoms with Crippen LogP contribution in [0.2, 0.25) is 0 Å². The van der Waals surface area contributed by atoms with Gasteiger partial charge < -0.3 is 8.83 Å². The molecule has 0 N–H and O–H groups in total. The fraction of sp³-hybridized carbons (Fsp3) is 0. The van der Waals surface area contributed by atoms with Gasteiger partial charge in [0.15, 0.2) is 0 Å². The molecule has 0 fully saturated rings. The number of furan rings is 2. The molecular weight excluding hydrogens is 1300 g/mol. The summed E-state index contributed by atoms with van der Waals surface area (Å²) >= 11 is 7.18. The van der Waals surface area contributed by atoms with Gasteiger partial charge in [0.05, 0.1) is 33.5 Å².